The molecule has 1 aromatic rings. The number of aliphatic hydroxyl groups is 1. The molecule has 0 atom stereocenters. The number of halogens is 4. The van der Waals surface area contributed by atoms with E-state index in [-0.39, 0.29) is 5.76 Å². The number of ketones is 1. The molecule has 0 aliphatic carbocycles. The van der Waals surface area contributed by atoms with E-state index in [2.05, 4.69) is 15.9 Å². The van der Waals surface area contributed by atoms with Crippen molar-refractivity contribution < 1.29 is 9.90 Å². The lowest BCUT2D eigenvalue weighted by Gasteiger charge is -2.06. The summed E-state index contributed by atoms with van der Waals surface area (Å²) in [4.78, 5) is 11.3. The minimum atomic E-state index is -2.05. The molecular formula is C10H6BrCl3O2. The number of alkyl halides is 3. The molecule has 86 valence electrons. The van der Waals surface area contributed by atoms with E-state index in [4.69, 9.17) is 34.8 Å². The molecular weight excluding hydrogens is 338 g/mol. The molecule has 6 heteroatoms. The molecule has 0 heterocycles. The molecule has 0 bridgehead atoms. The summed E-state index contributed by atoms with van der Waals surface area (Å²) in [7, 11) is 0. The minimum Gasteiger partial charge on any atom is -0.507 e. The first-order valence-corrected chi connectivity index (χ1v) is 6.01. The predicted molar refractivity (Wildman–Crippen MR) is 70.0 cm³/mol. The summed E-state index contributed by atoms with van der Waals surface area (Å²) in [5.74, 6) is -1.04. The van der Waals surface area contributed by atoms with Crippen LogP contribution in [0.3, 0.4) is 0 Å². The maximum atomic E-state index is 11.3. The van der Waals surface area contributed by atoms with Crippen molar-refractivity contribution in [2.24, 2.45) is 0 Å². The van der Waals surface area contributed by atoms with Crippen LogP contribution in [0.5, 0.6) is 0 Å². The molecule has 0 radical (unpaired) electrons. The molecule has 0 unspecified atom stereocenters. The normalized spacial score (nSPS) is 12.6. The van der Waals surface area contributed by atoms with Gasteiger partial charge in [-0.1, -0.05) is 62.9 Å². The summed E-state index contributed by atoms with van der Waals surface area (Å²) < 4.78 is -1.19. The van der Waals surface area contributed by atoms with Gasteiger partial charge in [-0.15, -0.1) is 0 Å². The van der Waals surface area contributed by atoms with Crippen LogP contribution in [-0.4, -0.2) is 14.7 Å². The molecule has 0 saturated carbocycles. The van der Waals surface area contributed by atoms with Crippen LogP contribution < -0.4 is 0 Å². The van der Waals surface area contributed by atoms with Gasteiger partial charge in [-0.05, 0) is 12.1 Å². The minimum absolute atomic E-state index is 0.246. The first kappa shape index (κ1) is 13.8. The van der Waals surface area contributed by atoms with Crippen LogP contribution in [0.2, 0.25) is 0 Å². The van der Waals surface area contributed by atoms with Gasteiger partial charge in [-0.3, -0.25) is 4.79 Å². The van der Waals surface area contributed by atoms with Gasteiger partial charge in [-0.25, -0.2) is 0 Å². The Balaban J connectivity index is 2.94. The molecule has 16 heavy (non-hydrogen) atoms. The van der Waals surface area contributed by atoms with Gasteiger partial charge < -0.3 is 5.11 Å². The van der Waals surface area contributed by atoms with Gasteiger partial charge in [0.05, 0.1) is 0 Å². The first-order chi connectivity index (χ1) is 7.30. The van der Waals surface area contributed by atoms with E-state index in [1.807, 2.05) is 0 Å². The van der Waals surface area contributed by atoms with Crippen molar-refractivity contribution in [2.45, 2.75) is 3.79 Å². The van der Waals surface area contributed by atoms with Crippen LogP contribution in [-0.2, 0) is 4.79 Å². The Kier molecular flexibility index (Phi) is 4.68. The number of rotatable bonds is 2. The highest BCUT2D eigenvalue weighted by atomic mass is 79.9. The summed E-state index contributed by atoms with van der Waals surface area (Å²) in [6.45, 7) is 0. The molecule has 0 saturated heterocycles. The van der Waals surface area contributed by atoms with Gasteiger partial charge in [0.25, 0.3) is 3.79 Å². The van der Waals surface area contributed by atoms with Gasteiger partial charge in [-0.2, -0.15) is 0 Å². The zero-order valence-electron chi connectivity index (χ0n) is 7.75. The quantitative estimate of drug-likeness (QED) is 0.494. The fourth-order valence-electron chi connectivity index (χ4n) is 0.910. The molecule has 2 nitrogen and oxygen atoms in total. The van der Waals surface area contributed by atoms with Gasteiger partial charge >= 0.3 is 0 Å². The zero-order valence-corrected chi connectivity index (χ0v) is 11.6. The summed E-state index contributed by atoms with van der Waals surface area (Å²) in [5.41, 5.74) is 0.464. The second kappa shape index (κ2) is 5.41. The third kappa shape index (κ3) is 3.98. The van der Waals surface area contributed by atoms with E-state index < -0.39 is 9.58 Å². The highest BCUT2D eigenvalue weighted by Crippen LogP contribution is 2.28. The number of hydrogen-bond donors (Lipinski definition) is 1. The third-order valence-corrected chi connectivity index (χ3v) is 2.77. The summed E-state index contributed by atoms with van der Waals surface area (Å²) in [5, 5.41) is 9.59. The van der Waals surface area contributed by atoms with E-state index in [0.29, 0.717) is 5.56 Å². The monoisotopic (exact) mass is 342 g/mol. The Hall–Kier alpha value is -0.220. The molecule has 0 fully saturated rings. The van der Waals surface area contributed by atoms with Crippen LogP contribution in [0.4, 0.5) is 0 Å². The van der Waals surface area contributed by atoms with Crippen LogP contribution in [0.25, 0.3) is 5.76 Å². The van der Waals surface area contributed by atoms with E-state index in [1.165, 1.54) is 0 Å². The Morgan fingerprint density at radius 2 is 1.75 bits per heavy atom. The average molecular weight is 344 g/mol. The Morgan fingerprint density at radius 1 is 1.25 bits per heavy atom. The summed E-state index contributed by atoms with van der Waals surface area (Å²) >= 11 is 19.3. The largest absolute Gasteiger partial charge is 0.507 e. The van der Waals surface area contributed by atoms with Crippen molar-refractivity contribution >= 4 is 62.3 Å². The van der Waals surface area contributed by atoms with E-state index in [1.54, 1.807) is 24.3 Å². The number of carbonyl (C=O) groups is 1. The molecule has 0 amide bonds. The molecule has 1 N–H and O–H groups in total. The number of aliphatic hydroxyl groups excluding tert-OH is 1. The van der Waals surface area contributed by atoms with E-state index in [9.17, 15) is 9.90 Å². The van der Waals surface area contributed by atoms with Crippen LogP contribution in [0.1, 0.15) is 5.56 Å². The van der Waals surface area contributed by atoms with Crippen LogP contribution >= 0.6 is 50.7 Å². The fourth-order valence-corrected chi connectivity index (χ4v) is 1.34. The van der Waals surface area contributed by atoms with Crippen molar-refractivity contribution in [1.29, 1.82) is 0 Å². The lowest BCUT2D eigenvalue weighted by molar-refractivity contribution is -0.113. The molecule has 0 aromatic heterocycles. The Bertz CT molecular complexity index is 421. The van der Waals surface area contributed by atoms with Gasteiger partial charge in [0.15, 0.2) is 0 Å². The number of benzene rings is 1. The average Bonchev–Trinajstić information content (AvgIpc) is 2.17. The standard InChI is InChI=1S/C10H6BrCl3O2/c11-7-3-1-6(2-4-7)8(15)5-9(16)10(12,13)14/h1-5,15H/b8-5-. The zero-order chi connectivity index (χ0) is 12.3. The Morgan fingerprint density at radius 3 is 2.19 bits per heavy atom. The van der Waals surface area contributed by atoms with Crippen molar-refractivity contribution in [3.63, 3.8) is 0 Å². The maximum Gasteiger partial charge on any atom is 0.252 e. The van der Waals surface area contributed by atoms with Crippen molar-refractivity contribution in [3.8, 4) is 0 Å². The summed E-state index contributed by atoms with van der Waals surface area (Å²) in [6, 6.07) is 6.70. The number of allylic oxidation sites excluding steroid dienone is 1. The topological polar surface area (TPSA) is 37.3 Å². The molecule has 1 aromatic carbocycles. The van der Waals surface area contributed by atoms with E-state index in [0.717, 1.165) is 10.5 Å². The van der Waals surface area contributed by atoms with E-state index >= 15 is 0 Å². The molecule has 0 aliphatic rings. The fraction of sp³-hybridized carbons (Fsp3) is 0.100. The van der Waals surface area contributed by atoms with Crippen LogP contribution in [0.15, 0.2) is 34.8 Å². The lowest BCUT2D eigenvalue weighted by atomic mass is 10.1. The number of carbonyl (C=O) groups excluding carboxylic acids is 1. The maximum absolute atomic E-state index is 11.3. The molecule has 1 rings (SSSR count). The van der Waals surface area contributed by atoms with Gasteiger partial charge in [0.2, 0.25) is 5.78 Å². The van der Waals surface area contributed by atoms with Gasteiger partial charge in [0.1, 0.15) is 5.76 Å². The highest BCUT2D eigenvalue weighted by molar-refractivity contribution is 9.10. The first-order valence-electron chi connectivity index (χ1n) is 4.08. The predicted octanol–water partition coefficient (Wildman–Crippen LogP) is 4.29. The Labute approximate surface area is 116 Å². The smallest absolute Gasteiger partial charge is 0.252 e. The second-order valence-electron chi connectivity index (χ2n) is 2.90. The molecule has 0 spiro atoms. The van der Waals surface area contributed by atoms with Crippen molar-refractivity contribution in [2.75, 3.05) is 0 Å². The van der Waals surface area contributed by atoms with Crippen LogP contribution in [0, 0.1) is 0 Å². The van der Waals surface area contributed by atoms with Crippen molar-refractivity contribution in [3.05, 3.63) is 40.4 Å². The summed E-state index contributed by atoms with van der Waals surface area (Å²) in [6.07, 6.45) is 0.885. The second-order valence-corrected chi connectivity index (χ2v) is 6.10. The lowest BCUT2D eigenvalue weighted by Crippen LogP contribution is -2.16. The molecule has 0 aliphatic heterocycles. The highest BCUT2D eigenvalue weighted by Gasteiger charge is 2.29. The van der Waals surface area contributed by atoms with Crippen molar-refractivity contribution in [1.82, 2.24) is 0 Å². The van der Waals surface area contributed by atoms with Gasteiger partial charge in [0, 0.05) is 16.1 Å². The number of hydrogen-bond acceptors (Lipinski definition) is 2. The third-order valence-electron chi connectivity index (χ3n) is 1.69. The SMILES string of the molecule is O=C(/C=C(\O)c1ccc(Br)cc1)C(Cl)(Cl)Cl.